The minimum atomic E-state index is -1.20. The van der Waals surface area contributed by atoms with Crippen molar-refractivity contribution in [2.45, 2.75) is 26.1 Å². The third kappa shape index (κ3) is 2.46. The molecule has 1 rings (SSSR count). The van der Waals surface area contributed by atoms with Gasteiger partial charge in [-0.05, 0) is 0 Å². The molecule has 1 aliphatic heterocycles. The Morgan fingerprint density at radius 3 is 2.67 bits per heavy atom. The Hall–Kier alpha value is -0.680. The standard InChI is InChI=1S/C10H18FNO3/c1-10(2)6-12(8(14)5-13)4-7(11)9(10)15-3/h7,9,13H,4-6H2,1-3H3/t7?,9-/m0/s1. The van der Waals surface area contributed by atoms with E-state index in [1.807, 2.05) is 13.8 Å². The Bertz CT molecular complexity index is 245. The molecule has 1 amide bonds. The number of rotatable bonds is 2. The van der Waals surface area contributed by atoms with Gasteiger partial charge >= 0.3 is 0 Å². The molecular formula is C10H18FNO3. The summed E-state index contributed by atoms with van der Waals surface area (Å²) in [5.41, 5.74) is -0.433. The minimum Gasteiger partial charge on any atom is -0.387 e. The first-order valence-corrected chi connectivity index (χ1v) is 4.98. The summed E-state index contributed by atoms with van der Waals surface area (Å²) in [6.45, 7) is 3.54. The van der Waals surface area contributed by atoms with Gasteiger partial charge in [-0.2, -0.15) is 0 Å². The van der Waals surface area contributed by atoms with Crippen LogP contribution in [0.15, 0.2) is 0 Å². The van der Waals surface area contributed by atoms with Crippen molar-refractivity contribution in [2.24, 2.45) is 5.41 Å². The normalized spacial score (nSPS) is 30.3. The summed E-state index contributed by atoms with van der Waals surface area (Å²) in [5.74, 6) is -0.430. The smallest absolute Gasteiger partial charge is 0.248 e. The van der Waals surface area contributed by atoms with Gasteiger partial charge in [0.2, 0.25) is 5.91 Å². The predicted molar refractivity (Wildman–Crippen MR) is 53.1 cm³/mol. The lowest BCUT2D eigenvalue weighted by Crippen LogP contribution is -2.58. The molecule has 0 aliphatic carbocycles. The maximum Gasteiger partial charge on any atom is 0.248 e. The van der Waals surface area contributed by atoms with Gasteiger partial charge < -0.3 is 14.7 Å². The fourth-order valence-electron chi connectivity index (χ4n) is 2.20. The molecule has 4 nitrogen and oxygen atoms in total. The molecule has 1 fully saturated rings. The van der Waals surface area contributed by atoms with E-state index in [1.54, 1.807) is 0 Å². The van der Waals surface area contributed by atoms with Gasteiger partial charge in [0, 0.05) is 19.1 Å². The molecular weight excluding hydrogens is 201 g/mol. The van der Waals surface area contributed by atoms with E-state index in [4.69, 9.17) is 9.84 Å². The third-order valence-electron chi connectivity index (χ3n) is 2.83. The van der Waals surface area contributed by atoms with Gasteiger partial charge in [0.15, 0.2) is 0 Å². The lowest BCUT2D eigenvalue weighted by Gasteiger charge is -2.45. The van der Waals surface area contributed by atoms with Crippen LogP contribution in [0.4, 0.5) is 4.39 Å². The van der Waals surface area contributed by atoms with Gasteiger partial charge in [0.25, 0.3) is 0 Å². The van der Waals surface area contributed by atoms with Crippen molar-refractivity contribution in [3.63, 3.8) is 0 Å². The van der Waals surface area contributed by atoms with Crippen LogP contribution in [0.5, 0.6) is 0 Å². The molecule has 1 aliphatic rings. The number of carbonyl (C=O) groups excluding carboxylic acids is 1. The summed E-state index contributed by atoms with van der Waals surface area (Å²) in [7, 11) is 1.47. The number of amides is 1. The molecule has 0 saturated carbocycles. The van der Waals surface area contributed by atoms with Crippen LogP contribution in [-0.4, -0.2) is 55.0 Å². The number of hydrogen-bond donors (Lipinski definition) is 1. The van der Waals surface area contributed by atoms with Crippen LogP contribution in [0.3, 0.4) is 0 Å². The molecule has 0 radical (unpaired) electrons. The van der Waals surface area contributed by atoms with Crippen molar-refractivity contribution in [2.75, 3.05) is 26.8 Å². The van der Waals surface area contributed by atoms with Gasteiger partial charge in [-0.1, -0.05) is 13.8 Å². The maximum absolute atomic E-state index is 13.7. The number of alkyl halides is 1. The zero-order chi connectivity index (χ0) is 11.6. The summed E-state index contributed by atoms with van der Waals surface area (Å²) in [6, 6.07) is 0. The number of ether oxygens (including phenoxy) is 1. The minimum absolute atomic E-state index is 0.00132. The van der Waals surface area contributed by atoms with Crippen LogP contribution >= 0.6 is 0 Å². The van der Waals surface area contributed by atoms with E-state index in [2.05, 4.69) is 0 Å². The first-order chi connectivity index (χ1) is 6.92. The highest BCUT2D eigenvalue weighted by atomic mass is 19.1. The highest BCUT2D eigenvalue weighted by Gasteiger charge is 2.44. The summed E-state index contributed by atoms with van der Waals surface area (Å²) in [6.07, 6.45) is -1.70. The van der Waals surface area contributed by atoms with Crippen molar-refractivity contribution in [3.8, 4) is 0 Å². The van der Waals surface area contributed by atoms with E-state index in [-0.39, 0.29) is 6.54 Å². The molecule has 0 spiro atoms. The quantitative estimate of drug-likeness (QED) is 0.721. The molecule has 88 valence electrons. The van der Waals surface area contributed by atoms with Crippen molar-refractivity contribution >= 4 is 5.91 Å². The molecule has 1 N–H and O–H groups in total. The average molecular weight is 219 g/mol. The van der Waals surface area contributed by atoms with Crippen LogP contribution < -0.4 is 0 Å². The van der Waals surface area contributed by atoms with Crippen LogP contribution in [0.2, 0.25) is 0 Å². The number of hydrogen-bond acceptors (Lipinski definition) is 3. The number of halogens is 1. The van der Waals surface area contributed by atoms with Crippen molar-refractivity contribution in [1.82, 2.24) is 4.90 Å². The number of aliphatic hydroxyl groups is 1. The molecule has 0 aromatic carbocycles. The Kier molecular flexibility index (Phi) is 3.67. The predicted octanol–water partition coefficient (Wildman–Crippen LogP) is 0.200. The van der Waals surface area contributed by atoms with Crippen molar-refractivity contribution < 1.29 is 19.0 Å². The first-order valence-electron chi connectivity index (χ1n) is 4.98. The molecule has 1 saturated heterocycles. The fourth-order valence-corrected chi connectivity index (χ4v) is 2.20. The summed E-state index contributed by atoms with van der Waals surface area (Å²) < 4.78 is 18.8. The van der Waals surface area contributed by atoms with E-state index in [0.717, 1.165) is 0 Å². The summed E-state index contributed by atoms with van der Waals surface area (Å²) >= 11 is 0. The molecule has 0 bridgehead atoms. The molecule has 0 aromatic heterocycles. The Morgan fingerprint density at radius 1 is 1.67 bits per heavy atom. The van der Waals surface area contributed by atoms with Gasteiger partial charge in [-0.25, -0.2) is 4.39 Å². The zero-order valence-corrected chi connectivity index (χ0v) is 9.36. The second-order valence-electron chi connectivity index (χ2n) is 4.59. The summed E-state index contributed by atoms with van der Waals surface area (Å²) in [4.78, 5) is 12.6. The highest BCUT2D eigenvalue weighted by molar-refractivity contribution is 5.77. The average Bonchev–Trinajstić information content (AvgIpc) is 2.14. The van der Waals surface area contributed by atoms with Crippen LogP contribution in [-0.2, 0) is 9.53 Å². The third-order valence-corrected chi connectivity index (χ3v) is 2.83. The second kappa shape index (κ2) is 4.45. The van der Waals surface area contributed by atoms with E-state index in [1.165, 1.54) is 12.0 Å². The van der Waals surface area contributed by atoms with Gasteiger partial charge in [0.1, 0.15) is 12.8 Å². The van der Waals surface area contributed by atoms with Gasteiger partial charge in [-0.15, -0.1) is 0 Å². The molecule has 1 unspecified atom stereocenters. The first kappa shape index (κ1) is 12.4. The van der Waals surface area contributed by atoms with Crippen molar-refractivity contribution in [3.05, 3.63) is 0 Å². The van der Waals surface area contributed by atoms with Gasteiger partial charge in [0.05, 0.1) is 12.6 Å². The number of nitrogens with zero attached hydrogens (tertiary/aromatic N) is 1. The monoisotopic (exact) mass is 219 g/mol. The number of aliphatic hydroxyl groups excluding tert-OH is 1. The van der Waals surface area contributed by atoms with E-state index in [9.17, 15) is 9.18 Å². The summed E-state index contributed by atoms with van der Waals surface area (Å²) in [5, 5.41) is 8.72. The van der Waals surface area contributed by atoms with Gasteiger partial charge in [-0.3, -0.25) is 4.79 Å². The van der Waals surface area contributed by atoms with Crippen LogP contribution in [0, 0.1) is 5.41 Å². The SMILES string of the molecule is CO[C@H]1C(F)CN(C(=O)CO)CC1(C)C. The van der Waals surface area contributed by atoms with E-state index in [0.29, 0.717) is 6.54 Å². The number of methoxy groups -OCH3 is 1. The molecule has 5 heteroatoms. The largest absolute Gasteiger partial charge is 0.387 e. The van der Waals surface area contributed by atoms with Crippen LogP contribution in [0.25, 0.3) is 0 Å². The number of carbonyl (C=O) groups is 1. The highest BCUT2D eigenvalue weighted by Crippen LogP contribution is 2.32. The number of piperidine rings is 1. The number of likely N-dealkylation sites (tertiary alicyclic amines) is 1. The lowest BCUT2D eigenvalue weighted by molar-refractivity contribution is -0.149. The fraction of sp³-hybridized carbons (Fsp3) is 0.900. The Labute approximate surface area is 89.0 Å². The molecule has 0 aromatic rings. The van der Waals surface area contributed by atoms with E-state index >= 15 is 0 Å². The second-order valence-corrected chi connectivity index (χ2v) is 4.59. The lowest BCUT2D eigenvalue weighted by atomic mass is 9.80. The van der Waals surface area contributed by atoms with Crippen LogP contribution in [0.1, 0.15) is 13.8 Å². The molecule has 15 heavy (non-hydrogen) atoms. The Morgan fingerprint density at radius 2 is 2.27 bits per heavy atom. The zero-order valence-electron chi connectivity index (χ0n) is 9.36. The Balaban J connectivity index is 2.77. The van der Waals surface area contributed by atoms with E-state index < -0.39 is 30.2 Å². The molecule has 2 atom stereocenters. The molecule has 1 heterocycles. The maximum atomic E-state index is 13.7. The van der Waals surface area contributed by atoms with Crippen molar-refractivity contribution in [1.29, 1.82) is 0 Å². The topological polar surface area (TPSA) is 49.8 Å².